The number of piperidine rings is 1. The van der Waals surface area contributed by atoms with Crippen molar-refractivity contribution in [2.45, 2.75) is 24.7 Å². The molecule has 1 heterocycles. The van der Waals surface area contributed by atoms with Crippen molar-refractivity contribution in [1.29, 1.82) is 0 Å². The highest BCUT2D eigenvalue weighted by Gasteiger charge is 2.35. The lowest BCUT2D eigenvalue weighted by molar-refractivity contribution is 0.141. The topological polar surface area (TPSA) is 23.5 Å². The van der Waals surface area contributed by atoms with Crippen LogP contribution in [0.15, 0.2) is 60.7 Å². The number of nitrogens with zero attached hydrogens (tertiary/aromatic N) is 1. The van der Waals surface area contributed by atoms with Gasteiger partial charge in [-0.05, 0) is 37.1 Å². The Morgan fingerprint density at radius 1 is 0.773 bits per heavy atom. The maximum absolute atomic E-state index is 10.4. The third kappa shape index (κ3) is 3.08. The van der Waals surface area contributed by atoms with E-state index in [0.717, 1.165) is 19.6 Å². The van der Waals surface area contributed by atoms with Crippen LogP contribution in [-0.2, 0) is 5.41 Å². The molecule has 1 saturated heterocycles. The molecule has 1 aliphatic heterocycles. The molecule has 0 bridgehead atoms. The third-order valence-corrected chi connectivity index (χ3v) is 4.86. The molecule has 116 valence electrons. The Balaban J connectivity index is 2.00. The molecule has 2 aromatic carbocycles. The highest BCUT2D eigenvalue weighted by molar-refractivity contribution is 5.40. The molecule has 2 nitrogen and oxygen atoms in total. The molecule has 3 rings (SSSR count). The van der Waals surface area contributed by atoms with Gasteiger partial charge < -0.3 is 10.0 Å². The summed E-state index contributed by atoms with van der Waals surface area (Å²) in [7, 11) is 0. The van der Waals surface area contributed by atoms with Crippen LogP contribution in [0.5, 0.6) is 0 Å². The Morgan fingerprint density at radius 2 is 1.27 bits per heavy atom. The molecule has 22 heavy (non-hydrogen) atoms. The number of aliphatic hydroxyl groups excluding tert-OH is 1. The van der Waals surface area contributed by atoms with Gasteiger partial charge in [0.2, 0.25) is 0 Å². The van der Waals surface area contributed by atoms with Gasteiger partial charge >= 0.3 is 0 Å². The second-order valence-corrected chi connectivity index (χ2v) is 6.31. The lowest BCUT2D eigenvalue weighted by atomic mass is 9.74. The van der Waals surface area contributed by atoms with E-state index >= 15 is 0 Å². The summed E-state index contributed by atoms with van der Waals surface area (Å²) in [6, 6.07) is 20.9. The van der Waals surface area contributed by atoms with Gasteiger partial charge in [-0.1, -0.05) is 67.1 Å². The number of hydrogen-bond donors (Lipinski definition) is 1. The minimum atomic E-state index is -0.333. The van der Waals surface area contributed by atoms with Crippen molar-refractivity contribution in [3.63, 3.8) is 0 Å². The van der Waals surface area contributed by atoms with E-state index in [0.29, 0.717) is 0 Å². The molecule has 0 saturated carbocycles. The monoisotopic (exact) mass is 295 g/mol. The van der Waals surface area contributed by atoms with Crippen molar-refractivity contribution in [3.8, 4) is 0 Å². The molecular formula is C20H25NO. The number of hydrogen-bond acceptors (Lipinski definition) is 2. The van der Waals surface area contributed by atoms with E-state index in [4.69, 9.17) is 0 Å². The van der Waals surface area contributed by atoms with Crippen molar-refractivity contribution in [3.05, 3.63) is 71.8 Å². The van der Waals surface area contributed by atoms with Crippen LogP contribution in [0.1, 0.15) is 30.4 Å². The molecule has 2 heteroatoms. The molecular weight excluding hydrogens is 270 g/mol. The van der Waals surface area contributed by atoms with Crippen LogP contribution in [0.4, 0.5) is 0 Å². The number of aliphatic hydroxyl groups is 1. The molecule has 0 aromatic heterocycles. The lowest BCUT2D eigenvalue weighted by Gasteiger charge is -2.39. The molecule has 1 fully saturated rings. The fourth-order valence-electron chi connectivity index (χ4n) is 3.60. The van der Waals surface area contributed by atoms with Crippen molar-refractivity contribution in [2.75, 3.05) is 26.2 Å². The normalized spacial score (nSPS) is 16.6. The molecule has 0 atom stereocenters. The van der Waals surface area contributed by atoms with Gasteiger partial charge in [0.05, 0.1) is 12.0 Å². The van der Waals surface area contributed by atoms with Crippen molar-refractivity contribution >= 4 is 0 Å². The Hall–Kier alpha value is -1.64. The summed E-state index contributed by atoms with van der Waals surface area (Å²) in [5.41, 5.74) is 2.07. The van der Waals surface area contributed by atoms with Crippen molar-refractivity contribution in [1.82, 2.24) is 4.90 Å². The summed E-state index contributed by atoms with van der Waals surface area (Å²) in [4.78, 5) is 2.51. The maximum atomic E-state index is 10.4. The molecule has 0 aliphatic carbocycles. The van der Waals surface area contributed by atoms with Crippen molar-refractivity contribution < 1.29 is 5.11 Å². The molecule has 0 spiro atoms. The fraction of sp³-hybridized carbons (Fsp3) is 0.400. The predicted octanol–water partition coefficient (Wildman–Crippen LogP) is 3.45. The molecule has 1 aliphatic rings. The van der Waals surface area contributed by atoms with Gasteiger partial charge in [0.15, 0.2) is 0 Å². The standard InChI is InChI=1S/C20H25NO/c22-17-20(18-10-4-1-5-11-18,19-12-6-2-7-13-19)16-21-14-8-3-9-15-21/h1-2,4-7,10-13,22H,3,8-9,14-17H2. The Kier molecular flexibility index (Phi) is 4.91. The Labute approximate surface area is 133 Å². The Bertz CT molecular complexity index is 521. The molecule has 0 radical (unpaired) electrons. The van der Waals surface area contributed by atoms with Gasteiger partial charge in [0.1, 0.15) is 0 Å². The summed E-state index contributed by atoms with van der Waals surface area (Å²) in [5.74, 6) is 0. The van der Waals surface area contributed by atoms with Gasteiger partial charge in [-0.25, -0.2) is 0 Å². The SMILES string of the molecule is OCC(CN1CCCCC1)(c1ccccc1)c1ccccc1. The maximum Gasteiger partial charge on any atom is 0.0581 e. The largest absolute Gasteiger partial charge is 0.395 e. The average Bonchev–Trinajstić information content (AvgIpc) is 2.62. The summed E-state index contributed by atoms with van der Waals surface area (Å²) >= 11 is 0. The minimum absolute atomic E-state index is 0.136. The zero-order valence-electron chi connectivity index (χ0n) is 13.1. The van der Waals surface area contributed by atoms with Crippen LogP contribution >= 0.6 is 0 Å². The quantitative estimate of drug-likeness (QED) is 0.913. The van der Waals surface area contributed by atoms with Gasteiger partial charge in [0.25, 0.3) is 0 Å². The smallest absolute Gasteiger partial charge is 0.0581 e. The molecule has 1 N–H and O–H groups in total. The minimum Gasteiger partial charge on any atom is -0.395 e. The van der Waals surface area contributed by atoms with Crippen molar-refractivity contribution in [2.24, 2.45) is 0 Å². The van der Waals surface area contributed by atoms with E-state index in [1.807, 2.05) is 12.1 Å². The van der Waals surface area contributed by atoms with E-state index < -0.39 is 0 Å². The lowest BCUT2D eigenvalue weighted by Crippen LogP contribution is -2.46. The van der Waals surface area contributed by atoms with Gasteiger partial charge in [0, 0.05) is 6.54 Å². The first-order valence-corrected chi connectivity index (χ1v) is 8.29. The summed E-state index contributed by atoms with van der Waals surface area (Å²) in [6.45, 7) is 3.30. The van der Waals surface area contributed by atoms with Crippen LogP contribution < -0.4 is 0 Å². The highest BCUT2D eigenvalue weighted by atomic mass is 16.3. The van der Waals surface area contributed by atoms with Crippen LogP contribution in [0.25, 0.3) is 0 Å². The molecule has 2 aromatic rings. The zero-order valence-corrected chi connectivity index (χ0v) is 13.1. The predicted molar refractivity (Wildman–Crippen MR) is 91.0 cm³/mol. The van der Waals surface area contributed by atoms with Crippen LogP contribution in [0, 0.1) is 0 Å². The van der Waals surface area contributed by atoms with E-state index in [2.05, 4.69) is 53.4 Å². The van der Waals surface area contributed by atoms with Crippen LogP contribution in [0.3, 0.4) is 0 Å². The summed E-state index contributed by atoms with van der Waals surface area (Å²) in [6.07, 6.45) is 3.87. The third-order valence-electron chi connectivity index (χ3n) is 4.86. The molecule has 0 amide bonds. The number of likely N-dealkylation sites (tertiary alicyclic amines) is 1. The second-order valence-electron chi connectivity index (χ2n) is 6.31. The fourth-order valence-corrected chi connectivity index (χ4v) is 3.60. The van der Waals surface area contributed by atoms with Gasteiger partial charge in [-0.15, -0.1) is 0 Å². The Morgan fingerprint density at radius 3 is 1.73 bits per heavy atom. The first-order chi connectivity index (χ1) is 10.8. The van der Waals surface area contributed by atoms with Crippen LogP contribution in [-0.4, -0.2) is 36.2 Å². The average molecular weight is 295 g/mol. The first-order valence-electron chi connectivity index (χ1n) is 8.29. The van der Waals surface area contributed by atoms with Gasteiger partial charge in [-0.3, -0.25) is 0 Å². The van der Waals surface area contributed by atoms with E-state index in [1.54, 1.807) is 0 Å². The summed E-state index contributed by atoms with van der Waals surface area (Å²) in [5, 5.41) is 10.4. The number of rotatable bonds is 5. The first kappa shape index (κ1) is 15.3. The summed E-state index contributed by atoms with van der Waals surface area (Å²) < 4.78 is 0. The second kappa shape index (κ2) is 7.08. The van der Waals surface area contributed by atoms with E-state index in [1.165, 1.54) is 30.4 Å². The zero-order chi connectivity index (χ0) is 15.3. The number of benzene rings is 2. The van der Waals surface area contributed by atoms with Crippen LogP contribution in [0.2, 0.25) is 0 Å². The highest BCUT2D eigenvalue weighted by Crippen LogP contribution is 2.33. The molecule has 0 unspecified atom stereocenters. The van der Waals surface area contributed by atoms with E-state index in [9.17, 15) is 5.11 Å². The van der Waals surface area contributed by atoms with E-state index in [-0.39, 0.29) is 12.0 Å². The van der Waals surface area contributed by atoms with Gasteiger partial charge in [-0.2, -0.15) is 0 Å².